The third-order valence-corrected chi connectivity index (χ3v) is 6.21. The highest BCUT2D eigenvalue weighted by Gasteiger charge is 2.29. The van der Waals surface area contributed by atoms with Gasteiger partial charge in [-0.05, 0) is 5.92 Å². The molecule has 1 fully saturated rings. The van der Waals surface area contributed by atoms with Crippen molar-refractivity contribution in [2.24, 2.45) is 5.92 Å². The van der Waals surface area contributed by atoms with Crippen LogP contribution in [0.3, 0.4) is 0 Å². The summed E-state index contributed by atoms with van der Waals surface area (Å²) >= 11 is 3.69. The Morgan fingerprint density at radius 2 is 2.21 bits per heavy atom. The second-order valence-corrected chi connectivity index (χ2v) is 8.00. The van der Waals surface area contributed by atoms with Crippen molar-refractivity contribution >= 4 is 29.3 Å². The minimum absolute atomic E-state index is 0.114. The van der Waals surface area contributed by atoms with E-state index in [9.17, 15) is 4.79 Å². The van der Waals surface area contributed by atoms with Crippen molar-refractivity contribution in [3.63, 3.8) is 0 Å². The third kappa shape index (κ3) is 3.99. The maximum absolute atomic E-state index is 12.4. The van der Waals surface area contributed by atoms with E-state index in [0.29, 0.717) is 23.4 Å². The summed E-state index contributed by atoms with van der Waals surface area (Å²) < 4.78 is 1.87. The Morgan fingerprint density at radius 3 is 2.89 bits per heavy atom. The zero-order chi connectivity index (χ0) is 13.8. The molecule has 1 aromatic heterocycles. The maximum Gasteiger partial charge on any atom is 0.154 e. The summed E-state index contributed by atoms with van der Waals surface area (Å²) in [6.45, 7) is 7.26. The lowest BCUT2D eigenvalue weighted by Crippen LogP contribution is -2.33. The first-order valence-corrected chi connectivity index (χ1v) is 8.80. The molecule has 2 heterocycles. The van der Waals surface area contributed by atoms with E-state index in [0.717, 1.165) is 23.9 Å². The quantitative estimate of drug-likeness (QED) is 0.835. The largest absolute Gasteiger partial charge is 0.298 e. The topological polar surface area (TPSA) is 47.8 Å². The molecule has 106 valence electrons. The Labute approximate surface area is 123 Å². The number of aromatic nitrogens is 3. The number of hydrogen-bond acceptors (Lipinski definition) is 5. The lowest BCUT2D eigenvalue weighted by molar-refractivity contribution is -0.118. The maximum atomic E-state index is 12.4. The zero-order valence-electron chi connectivity index (χ0n) is 11.7. The fourth-order valence-corrected chi connectivity index (χ4v) is 4.90. The number of nitrogens with zero attached hydrogens (tertiary/aromatic N) is 3. The van der Waals surface area contributed by atoms with Gasteiger partial charge in [-0.25, -0.2) is 9.67 Å². The van der Waals surface area contributed by atoms with E-state index in [1.165, 1.54) is 0 Å². The van der Waals surface area contributed by atoms with Crippen LogP contribution in [0.5, 0.6) is 0 Å². The summed E-state index contributed by atoms with van der Waals surface area (Å²) in [5.74, 6) is 3.84. The van der Waals surface area contributed by atoms with E-state index in [2.05, 4.69) is 30.9 Å². The summed E-state index contributed by atoms with van der Waals surface area (Å²) in [6, 6.07) is 0. The standard InChI is InChI=1S/C13H21N3OS2/c1-9(2)7-16-12(14-8-15-16)6-11(17)13-10(3)18-4-5-19-13/h8-10,13H,4-7H2,1-3H3. The first-order valence-electron chi connectivity index (χ1n) is 6.70. The van der Waals surface area contributed by atoms with Crippen LogP contribution >= 0.6 is 23.5 Å². The van der Waals surface area contributed by atoms with Crippen LogP contribution in [0.1, 0.15) is 26.6 Å². The molecule has 1 aliphatic rings. The Morgan fingerprint density at radius 1 is 1.47 bits per heavy atom. The highest BCUT2D eigenvalue weighted by molar-refractivity contribution is 8.07. The highest BCUT2D eigenvalue weighted by atomic mass is 32.2. The monoisotopic (exact) mass is 299 g/mol. The minimum Gasteiger partial charge on any atom is -0.298 e. The average molecular weight is 299 g/mol. The molecule has 1 saturated heterocycles. The van der Waals surface area contributed by atoms with Crippen molar-refractivity contribution in [2.45, 2.75) is 44.2 Å². The van der Waals surface area contributed by atoms with Crippen LogP contribution < -0.4 is 0 Å². The van der Waals surface area contributed by atoms with Crippen molar-refractivity contribution in [1.82, 2.24) is 14.8 Å². The van der Waals surface area contributed by atoms with Crippen LogP contribution in [0.2, 0.25) is 0 Å². The zero-order valence-corrected chi connectivity index (χ0v) is 13.3. The van der Waals surface area contributed by atoms with Gasteiger partial charge in [0.25, 0.3) is 0 Å². The Bertz CT molecular complexity index is 433. The molecule has 0 bridgehead atoms. The number of rotatable bonds is 5. The molecule has 2 atom stereocenters. The number of carbonyl (C=O) groups is 1. The molecule has 0 N–H and O–H groups in total. The first kappa shape index (κ1) is 14.9. The molecule has 0 spiro atoms. The third-order valence-electron chi connectivity index (χ3n) is 3.07. The normalized spacial score (nSPS) is 23.8. The summed E-state index contributed by atoms with van der Waals surface area (Å²) in [4.78, 5) is 16.6. The van der Waals surface area contributed by atoms with Gasteiger partial charge in [-0.3, -0.25) is 4.79 Å². The van der Waals surface area contributed by atoms with Crippen molar-refractivity contribution in [2.75, 3.05) is 11.5 Å². The van der Waals surface area contributed by atoms with E-state index in [4.69, 9.17) is 0 Å². The minimum atomic E-state index is 0.114. The molecule has 0 aliphatic carbocycles. The van der Waals surface area contributed by atoms with E-state index >= 15 is 0 Å². The van der Waals surface area contributed by atoms with Crippen molar-refractivity contribution in [3.05, 3.63) is 12.2 Å². The molecular formula is C13H21N3OS2. The van der Waals surface area contributed by atoms with Crippen LogP contribution in [0.15, 0.2) is 6.33 Å². The van der Waals surface area contributed by atoms with Crippen molar-refractivity contribution < 1.29 is 4.79 Å². The van der Waals surface area contributed by atoms with Gasteiger partial charge in [-0.2, -0.15) is 16.9 Å². The van der Waals surface area contributed by atoms with E-state index in [1.54, 1.807) is 18.1 Å². The van der Waals surface area contributed by atoms with Gasteiger partial charge in [-0.15, -0.1) is 11.8 Å². The van der Waals surface area contributed by atoms with Gasteiger partial charge in [0.1, 0.15) is 12.2 Å². The smallest absolute Gasteiger partial charge is 0.154 e. The Hall–Kier alpha value is -0.490. The van der Waals surface area contributed by atoms with Crippen molar-refractivity contribution in [3.8, 4) is 0 Å². The number of ketones is 1. The molecule has 6 heteroatoms. The predicted octanol–water partition coefficient (Wildman–Crippen LogP) is 2.28. The molecule has 2 rings (SSSR count). The van der Waals surface area contributed by atoms with Crippen LogP contribution in [0, 0.1) is 5.92 Å². The molecule has 0 radical (unpaired) electrons. The first-order chi connectivity index (χ1) is 9.08. The summed E-state index contributed by atoms with van der Waals surface area (Å²) in [6.07, 6.45) is 1.96. The second kappa shape index (κ2) is 6.79. The number of carbonyl (C=O) groups excluding carboxylic acids is 1. The average Bonchev–Trinajstić information content (AvgIpc) is 2.76. The van der Waals surface area contributed by atoms with Crippen LogP contribution in [0.25, 0.3) is 0 Å². The fourth-order valence-electron chi connectivity index (χ4n) is 2.17. The van der Waals surface area contributed by atoms with Gasteiger partial charge < -0.3 is 0 Å². The van der Waals surface area contributed by atoms with Crippen LogP contribution in [0.4, 0.5) is 0 Å². The van der Waals surface area contributed by atoms with Crippen LogP contribution in [-0.4, -0.2) is 42.6 Å². The Kier molecular flexibility index (Phi) is 5.33. The molecule has 0 aromatic carbocycles. The highest BCUT2D eigenvalue weighted by Crippen LogP contribution is 2.32. The number of hydrogen-bond donors (Lipinski definition) is 0. The summed E-state index contributed by atoms with van der Waals surface area (Å²) in [7, 11) is 0. The van der Waals surface area contributed by atoms with E-state index in [-0.39, 0.29) is 5.25 Å². The lowest BCUT2D eigenvalue weighted by Gasteiger charge is -2.26. The molecule has 2 unspecified atom stereocenters. The molecule has 19 heavy (non-hydrogen) atoms. The van der Waals surface area contributed by atoms with Crippen molar-refractivity contribution in [1.29, 1.82) is 0 Å². The lowest BCUT2D eigenvalue weighted by atomic mass is 10.1. The summed E-state index contributed by atoms with van der Waals surface area (Å²) in [5.41, 5.74) is 0. The number of thioether (sulfide) groups is 2. The second-order valence-electron chi connectivity index (χ2n) is 5.26. The molecule has 1 aliphatic heterocycles. The van der Waals surface area contributed by atoms with Crippen LogP contribution in [-0.2, 0) is 17.8 Å². The SMILES string of the molecule is CC(C)Cn1ncnc1CC(=O)C1SCCSC1C. The fraction of sp³-hybridized carbons (Fsp3) is 0.769. The van der Waals surface area contributed by atoms with Gasteiger partial charge >= 0.3 is 0 Å². The molecule has 1 aromatic rings. The van der Waals surface area contributed by atoms with Gasteiger partial charge in [0.2, 0.25) is 0 Å². The molecule has 0 amide bonds. The van der Waals surface area contributed by atoms with E-state index in [1.807, 2.05) is 16.4 Å². The van der Waals surface area contributed by atoms with Gasteiger partial charge in [0, 0.05) is 23.3 Å². The summed E-state index contributed by atoms with van der Waals surface area (Å²) in [5, 5.41) is 4.74. The molecule has 4 nitrogen and oxygen atoms in total. The van der Waals surface area contributed by atoms with Gasteiger partial charge in [0.05, 0.1) is 11.7 Å². The number of Topliss-reactive ketones (excluding diaryl/α,β-unsaturated/α-hetero) is 1. The predicted molar refractivity (Wildman–Crippen MR) is 81.7 cm³/mol. The molecular weight excluding hydrogens is 278 g/mol. The van der Waals surface area contributed by atoms with E-state index < -0.39 is 0 Å². The van der Waals surface area contributed by atoms with Gasteiger partial charge in [0.15, 0.2) is 5.78 Å². The molecule has 0 saturated carbocycles. The van der Waals surface area contributed by atoms with Gasteiger partial charge in [-0.1, -0.05) is 20.8 Å². The Balaban J connectivity index is 2.00.